The Morgan fingerprint density at radius 3 is 2.47 bits per heavy atom. The van der Waals surface area contributed by atoms with Crippen LogP contribution in [0.15, 0.2) is 30.9 Å². The van der Waals surface area contributed by atoms with Crippen LogP contribution >= 0.6 is 0 Å². The van der Waals surface area contributed by atoms with Crippen molar-refractivity contribution in [2.75, 3.05) is 6.61 Å². The first-order valence-corrected chi connectivity index (χ1v) is 9.30. The van der Waals surface area contributed by atoms with Gasteiger partial charge >= 0.3 is 0 Å². The second kappa shape index (κ2) is 5.78. The summed E-state index contributed by atoms with van der Waals surface area (Å²) in [5.41, 5.74) is 0. The molecule has 0 aliphatic carbocycles. The van der Waals surface area contributed by atoms with Crippen molar-refractivity contribution in [3.8, 4) is 11.5 Å². The highest BCUT2D eigenvalue weighted by Gasteiger charge is 2.39. The van der Waals surface area contributed by atoms with E-state index in [1.54, 1.807) is 18.2 Å². The molecule has 4 heteroatoms. The highest BCUT2D eigenvalue weighted by Crippen LogP contribution is 2.38. The fourth-order valence-electron chi connectivity index (χ4n) is 1.25. The fourth-order valence-corrected chi connectivity index (χ4v) is 2.28. The van der Waals surface area contributed by atoms with E-state index in [0.717, 1.165) is 0 Å². The topological polar surface area (TPSA) is 18.5 Å². The van der Waals surface area contributed by atoms with Gasteiger partial charge in [-0.3, -0.25) is 0 Å². The van der Waals surface area contributed by atoms with Crippen LogP contribution in [0.25, 0.3) is 0 Å². The van der Waals surface area contributed by atoms with E-state index in [9.17, 15) is 4.39 Å². The van der Waals surface area contributed by atoms with E-state index < -0.39 is 8.32 Å². The maximum absolute atomic E-state index is 13.6. The molecule has 0 amide bonds. The fraction of sp³-hybridized carbons (Fsp3) is 0.467. The summed E-state index contributed by atoms with van der Waals surface area (Å²) in [5, 5.41) is 0.101. The Morgan fingerprint density at radius 2 is 1.95 bits per heavy atom. The van der Waals surface area contributed by atoms with Crippen LogP contribution in [0, 0.1) is 5.82 Å². The molecule has 0 saturated heterocycles. The van der Waals surface area contributed by atoms with E-state index in [4.69, 9.17) is 9.16 Å². The van der Waals surface area contributed by atoms with Gasteiger partial charge in [-0.1, -0.05) is 33.4 Å². The SMILES string of the molecule is C=CCOc1cc(O[Si](C)(C)C(C)(C)C)ccc1F. The Labute approximate surface area is 116 Å². The molecule has 0 fully saturated rings. The molecule has 0 N–H and O–H groups in total. The molecule has 2 nitrogen and oxygen atoms in total. The van der Waals surface area contributed by atoms with Crippen LogP contribution in [-0.2, 0) is 0 Å². The van der Waals surface area contributed by atoms with E-state index in [1.807, 2.05) is 0 Å². The van der Waals surface area contributed by atoms with Crippen LogP contribution in [0.5, 0.6) is 11.5 Å². The minimum absolute atomic E-state index is 0.101. The Balaban J connectivity index is 2.94. The molecule has 0 radical (unpaired) electrons. The summed E-state index contributed by atoms with van der Waals surface area (Å²) in [6, 6.07) is 4.64. The van der Waals surface area contributed by atoms with Gasteiger partial charge in [-0.05, 0) is 30.3 Å². The predicted molar refractivity (Wildman–Crippen MR) is 79.9 cm³/mol. The van der Waals surface area contributed by atoms with Crippen molar-refractivity contribution in [2.45, 2.75) is 38.9 Å². The van der Waals surface area contributed by atoms with Gasteiger partial charge in [-0.15, -0.1) is 0 Å². The Kier molecular flexibility index (Phi) is 4.79. The largest absolute Gasteiger partial charge is 0.543 e. The van der Waals surface area contributed by atoms with Gasteiger partial charge in [0.15, 0.2) is 11.6 Å². The molecular formula is C15H23FO2Si. The van der Waals surface area contributed by atoms with Crippen molar-refractivity contribution in [1.82, 2.24) is 0 Å². The molecule has 0 aliphatic rings. The van der Waals surface area contributed by atoms with Crippen LogP contribution in [-0.4, -0.2) is 14.9 Å². The summed E-state index contributed by atoms with van der Waals surface area (Å²) in [7, 11) is -1.92. The quantitative estimate of drug-likeness (QED) is 0.572. The molecule has 0 spiro atoms. The maximum atomic E-state index is 13.6. The van der Waals surface area contributed by atoms with Crippen molar-refractivity contribution in [1.29, 1.82) is 0 Å². The molecule has 0 aromatic heterocycles. The lowest BCUT2D eigenvalue weighted by molar-refractivity contribution is 0.339. The van der Waals surface area contributed by atoms with E-state index in [2.05, 4.69) is 40.4 Å². The average Bonchev–Trinajstić information content (AvgIpc) is 2.28. The molecule has 19 heavy (non-hydrogen) atoms. The van der Waals surface area contributed by atoms with Gasteiger partial charge in [0.1, 0.15) is 12.4 Å². The molecule has 0 atom stereocenters. The summed E-state index contributed by atoms with van der Waals surface area (Å²) >= 11 is 0. The highest BCUT2D eigenvalue weighted by molar-refractivity contribution is 6.74. The zero-order valence-corrected chi connectivity index (χ0v) is 13.4. The molecule has 0 unspecified atom stereocenters. The molecule has 1 aromatic rings. The van der Waals surface area contributed by atoms with Gasteiger partial charge in [0.05, 0.1) is 0 Å². The van der Waals surface area contributed by atoms with E-state index in [1.165, 1.54) is 6.07 Å². The summed E-state index contributed by atoms with van der Waals surface area (Å²) in [6.45, 7) is 14.6. The van der Waals surface area contributed by atoms with Crippen LogP contribution in [0.1, 0.15) is 20.8 Å². The summed E-state index contributed by atoms with van der Waals surface area (Å²) in [4.78, 5) is 0. The van der Waals surface area contributed by atoms with Gasteiger partial charge in [-0.25, -0.2) is 4.39 Å². The van der Waals surface area contributed by atoms with Gasteiger partial charge in [0.25, 0.3) is 0 Å². The molecule has 0 heterocycles. The number of halogens is 1. The lowest BCUT2D eigenvalue weighted by Crippen LogP contribution is -2.43. The highest BCUT2D eigenvalue weighted by atomic mass is 28.4. The molecule has 0 bridgehead atoms. The van der Waals surface area contributed by atoms with Crippen molar-refractivity contribution in [3.63, 3.8) is 0 Å². The lowest BCUT2D eigenvalue weighted by Gasteiger charge is -2.36. The summed E-state index contributed by atoms with van der Waals surface area (Å²) in [6.07, 6.45) is 1.58. The Hall–Kier alpha value is -1.29. The number of ether oxygens (including phenoxy) is 1. The molecular weight excluding hydrogens is 259 g/mol. The third-order valence-electron chi connectivity index (χ3n) is 3.44. The van der Waals surface area contributed by atoms with Crippen molar-refractivity contribution in [3.05, 3.63) is 36.7 Å². The van der Waals surface area contributed by atoms with E-state index in [0.29, 0.717) is 5.75 Å². The first kappa shape index (κ1) is 15.8. The van der Waals surface area contributed by atoms with Crippen molar-refractivity contribution >= 4 is 8.32 Å². The number of benzene rings is 1. The van der Waals surface area contributed by atoms with Gasteiger partial charge in [0.2, 0.25) is 8.32 Å². The van der Waals surface area contributed by atoms with Crippen molar-refractivity contribution < 1.29 is 13.6 Å². The first-order valence-electron chi connectivity index (χ1n) is 6.39. The van der Waals surface area contributed by atoms with Crippen LogP contribution in [0.4, 0.5) is 4.39 Å². The number of hydrogen-bond acceptors (Lipinski definition) is 2. The molecule has 1 rings (SSSR count). The number of hydrogen-bond donors (Lipinski definition) is 0. The normalized spacial score (nSPS) is 12.1. The zero-order valence-electron chi connectivity index (χ0n) is 12.4. The monoisotopic (exact) mass is 282 g/mol. The second-order valence-electron chi connectivity index (χ2n) is 6.05. The Morgan fingerprint density at radius 1 is 1.32 bits per heavy atom. The zero-order chi connectivity index (χ0) is 14.7. The molecule has 106 valence electrons. The molecule has 1 aromatic carbocycles. The third kappa shape index (κ3) is 4.09. The number of rotatable bonds is 5. The van der Waals surface area contributed by atoms with Gasteiger partial charge in [-0.2, -0.15) is 0 Å². The minimum atomic E-state index is -1.92. The molecule has 0 aliphatic heterocycles. The van der Waals surface area contributed by atoms with Crippen LogP contribution in [0.3, 0.4) is 0 Å². The summed E-state index contributed by atoms with van der Waals surface area (Å²) < 4.78 is 24.9. The first-order chi connectivity index (χ1) is 8.67. The predicted octanol–water partition coefficient (Wildman–Crippen LogP) is 4.77. The standard InChI is InChI=1S/C15H23FO2Si/c1-7-10-17-14-11-12(8-9-13(14)16)18-19(5,6)15(2,3)4/h7-9,11H,1,10H2,2-6H3. The summed E-state index contributed by atoms with van der Waals surface area (Å²) in [5.74, 6) is 0.479. The van der Waals surface area contributed by atoms with Gasteiger partial charge in [0, 0.05) is 6.07 Å². The van der Waals surface area contributed by atoms with E-state index >= 15 is 0 Å². The maximum Gasteiger partial charge on any atom is 0.250 e. The lowest BCUT2D eigenvalue weighted by atomic mass is 10.2. The average molecular weight is 282 g/mol. The Bertz CT molecular complexity index is 450. The minimum Gasteiger partial charge on any atom is -0.543 e. The van der Waals surface area contributed by atoms with Gasteiger partial charge < -0.3 is 9.16 Å². The third-order valence-corrected chi connectivity index (χ3v) is 7.80. The van der Waals surface area contributed by atoms with Crippen LogP contribution in [0.2, 0.25) is 18.1 Å². The van der Waals surface area contributed by atoms with Crippen LogP contribution < -0.4 is 9.16 Å². The second-order valence-corrected chi connectivity index (χ2v) is 10.8. The smallest absolute Gasteiger partial charge is 0.250 e. The van der Waals surface area contributed by atoms with Crippen molar-refractivity contribution in [2.24, 2.45) is 0 Å². The van der Waals surface area contributed by atoms with E-state index in [-0.39, 0.29) is 23.2 Å². The molecule has 0 saturated carbocycles.